The number of hydrogen-bond donors (Lipinski definition) is 1. The zero-order valence-corrected chi connectivity index (χ0v) is 20.4. The van der Waals surface area contributed by atoms with Gasteiger partial charge in [-0.2, -0.15) is 0 Å². The smallest absolute Gasteiger partial charge is 0.128 e. The molecule has 5 aromatic rings. The summed E-state index contributed by atoms with van der Waals surface area (Å²) in [5.41, 5.74) is 5.31. The molecule has 1 heterocycles. The van der Waals surface area contributed by atoms with Crippen LogP contribution >= 0.6 is 0 Å². The summed E-state index contributed by atoms with van der Waals surface area (Å²) in [7, 11) is 0. The maximum absolute atomic E-state index is 13.8. The Labute approximate surface area is 210 Å². The Morgan fingerprint density at radius 3 is 2.28 bits per heavy atom. The van der Waals surface area contributed by atoms with Crippen molar-refractivity contribution >= 4 is 10.9 Å². The molecule has 0 aliphatic rings. The molecule has 0 amide bonds. The fraction of sp³-hybridized carbons (Fsp3) is 0.156. The van der Waals surface area contributed by atoms with Gasteiger partial charge in [-0.3, -0.25) is 4.98 Å². The standard InChI is InChI=1S/C32H28FNO2/c1-32(2,35)26-13-8-15-28(19-26)36-27-14-6-11-23(18-27)30-25(17-22-9-4-3-5-10-22)21-34-31-24(20-33)12-7-16-29(30)31/h3-16,18-19,21,35H,17,20H2,1-2H3. The molecule has 1 aromatic heterocycles. The quantitative estimate of drug-likeness (QED) is 0.258. The lowest BCUT2D eigenvalue weighted by Crippen LogP contribution is -2.15. The van der Waals surface area contributed by atoms with Crippen molar-refractivity contribution in [2.45, 2.75) is 32.5 Å². The highest BCUT2D eigenvalue weighted by molar-refractivity contribution is 5.97. The van der Waals surface area contributed by atoms with Crippen molar-refractivity contribution < 1.29 is 14.2 Å². The van der Waals surface area contributed by atoms with E-state index in [1.165, 1.54) is 5.56 Å². The largest absolute Gasteiger partial charge is 0.457 e. The van der Waals surface area contributed by atoms with Gasteiger partial charge in [0, 0.05) is 17.1 Å². The van der Waals surface area contributed by atoms with E-state index in [4.69, 9.17) is 4.74 Å². The van der Waals surface area contributed by atoms with Crippen LogP contribution in [-0.2, 0) is 18.7 Å². The second-order valence-corrected chi connectivity index (χ2v) is 9.48. The molecular weight excluding hydrogens is 449 g/mol. The Kier molecular flexibility index (Phi) is 6.53. The molecule has 0 radical (unpaired) electrons. The number of alkyl halides is 1. The van der Waals surface area contributed by atoms with Gasteiger partial charge in [-0.15, -0.1) is 0 Å². The van der Waals surface area contributed by atoms with Crippen LogP contribution < -0.4 is 4.74 Å². The van der Waals surface area contributed by atoms with Gasteiger partial charge < -0.3 is 9.84 Å². The Bertz CT molecular complexity index is 1510. The number of hydrogen-bond acceptors (Lipinski definition) is 3. The van der Waals surface area contributed by atoms with Gasteiger partial charge in [-0.1, -0.05) is 72.8 Å². The van der Waals surface area contributed by atoms with Gasteiger partial charge in [0.05, 0.1) is 11.1 Å². The average molecular weight is 478 g/mol. The Morgan fingerprint density at radius 1 is 0.806 bits per heavy atom. The van der Waals surface area contributed by atoms with Gasteiger partial charge in [-0.25, -0.2) is 4.39 Å². The van der Waals surface area contributed by atoms with Crippen LogP contribution in [0.2, 0.25) is 0 Å². The number of ether oxygens (including phenoxy) is 1. The van der Waals surface area contributed by atoms with Gasteiger partial charge in [0.15, 0.2) is 0 Å². The summed E-state index contributed by atoms with van der Waals surface area (Å²) in [6.07, 6.45) is 2.57. The highest BCUT2D eigenvalue weighted by Crippen LogP contribution is 2.36. The zero-order chi connectivity index (χ0) is 25.1. The molecule has 0 saturated heterocycles. The molecule has 0 aliphatic heterocycles. The van der Waals surface area contributed by atoms with E-state index < -0.39 is 12.3 Å². The van der Waals surface area contributed by atoms with Crippen molar-refractivity contribution in [2.75, 3.05) is 0 Å². The first-order valence-corrected chi connectivity index (χ1v) is 12.0. The minimum Gasteiger partial charge on any atom is -0.457 e. The van der Waals surface area contributed by atoms with E-state index in [9.17, 15) is 9.50 Å². The van der Waals surface area contributed by atoms with Crippen LogP contribution in [0.25, 0.3) is 22.0 Å². The predicted octanol–water partition coefficient (Wildman–Crippen LogP) is 7.98. The lowest BCUT2D eigenvalue weighted by atomic mass is 9.92. The number of nitrogens with zero attached hydrogens (tertiary/aromatic N) is 1. The Hall–Kier alpha value is -4.02. The molecular formula is C32H28FNO2. The molecule has 0 bridgehead atoms. The van der Waals surface area contributed by atoms with Crippen molar-refractivity contribution in [1.82, 2.24) is 4.98 Å². The Morgan fingerprint density at radius 2 is 1.53 bits per heavy atom. The van der Waals surface area contributed by atoms with Gasteiger partial charge in [0.25, 0.3) is 0 Å². The van der Waals surface area contributed by atoms with Crippen molar-refractivity contribution in [3.05, 3.63) is 126 Å². The number of para-hydroxylation sites is 1. The maximum Gasteiger partial charge on any atom is 0.128 e. The number of rotatable bonds is 7. The second-order valence-electron chi connectivity index (χ2n) is 9.48. The summed E-state index contributed by atoms with van der Waals surface area (Å²) in [5.74, 6) is 1.33. The van der Waals surface area contributed by atoms with Gasteiger partial charge in [-0.05, 0) is 72.4 Å². The minimum absolute atomic E-state index is 0.567. The molecule has 0 saturated carbocycles. The number of aliphatic hydroxyl groups is 1. The van der Waals surface area contributed by atoms with Crippen molar-refractivity contribution in [3.8, 4) is 22.6 Å². The van der Waals surface area contributed by atoms with E-state index in [2.05, 4.69) is 17.1 Å². The molecule has 3 nitrogen and oxygen atoms in total. The average Bonchev–Trinajstić information content (AvgIpc) is 2.88. The molecule has 4 heteroatoms. The summed E-state index contributed by atoms with van der Waals surface area (Å²) in [6.45, 7) is 2.94. The second kappa shape index (κ2) is 9.92. The first kappa shape index (κ1) is 23.7. The van der Waals surface area contributed by atoms with E-state index >= 15 is 0 Å². The molecule has 0 spiro atoms. The van der Waals surface area contributed by atoms with E-state index in [-0.39, 0.29) is 0 Å². The van der Waals surface area contributed by atoms with E-state index in [0.717, 1.165) is 27.6 Å². The lowest BCUT2D eigenvalue weighted by Gasteiger charge is -2.19. The number of pyridine rings is 1. The van der Waals surface area contributed by atoms with Crippen molar-refractivity contribution in [3.63, 3.8) is 0 Å². The number of benzene rings is 4. The third kappa shape index (κ3) is 5.00. The summed E-state index contributed by atoms with van der Waals surface area (Å²) in [5, 5.41) is 11.3. The molecule has 0 unspecified atom stereocenters. The van der Waals surface area contributed by atoms with E-state index in [0.29, 0.717) is 29.0 Å². The molecule has 0 atom stereocenters. The zero-order valence-electron chi connectivity index (χ0n) is 20.4. The van der Waals surface area contributed by atoms with E-state index in [1.54, 1.807) is 19.9 Å². The van der Waals surface area contributed by atoms with Crippen LogP contribution in [0.3, 0.4) is 0 Å². The van der Waals surface area contributed by atoms with Crippen LogP contribution in [-0.4, -0.2) is 10.1 Å². The fourth-order valence-electron chi connectivity index (χ4n) is 4.52. The molecule has 0 aliphatic carbocycles. The molecule has 0 fully saturated rings. The van der Waals surface area contributed by atoms with Gasteiger partial charge in [0.1, 0.15) is 18.2 Å². The lowest BCUT2D eigenvalue weighted by molar-refractivity contribution is 0.0784. The number of aromatic nitrogens is 1. The highest BCUT2D eigenvalue weighted by atomic mass is 19.1. The first-order valence-electron chi connectivity index (χ1n) is 12.0. The third-order valence-corrected chi connectivity index (χ3v) is 6.34. The van der Waals surface area contributed by atoms with E-state index in [1.807, 2.05) is 85.1 Å². The first-order chi connectivity index (χ1) is 17.4. The van der Waals surface area contributed by atoms with Crippen LogP contribution in [0.5, 0.6) is 11.5 Å². The summed E-state index contributed by atoms with van der Waals surface area (Å²) >= 11 is 0. The minimum atomic E-state index is -0.961. The maximum atomic E-state index is 13.8. The monoisotopic (exact) mass is 477 g/mol. The normalized spacial score (nSPS) is 11.6. The SMILES string of the molecule is CC(C)(O)c1cccc(Oc2cccc(-c3c(Cc4ccccc4)cnc4c(CF)cccc34)c2)c1. The van der Waals surface area contributed by atoms with Crippen molar-refractivity contribution in [1.29, 1.82) is 0 Å². The van der Waals surface area contributed by atoms with Crippen LogP contribution in [0, 0.1) is 0 Å². The van der Waals surface area contributed by atoms with Crippen LogP contribution in [0.15, 0.2) is 103 Å². The van der Waals surface area contributed by atoms with Gasteiger partial charge >= 0.3 is 0 Å². The topological polar surface area (TPSA) is 42.4 Å². The highest BCUT2D eigenvalue weighted by Gasteiger charge is 2.17. The Balaban J connectivity index is 1.60. The molecule has 5 rings (SSSR count). The van der Waals surface area contributed by atoms with Crippen molar-refractivity contribution in [2.24, 2.45) is 0 Å². The van der Waals surface area contributed by atoms with Crippen LogP contribution in [0.1, 0.15) is 36.1 Å². The predicted molar refractivity (Wildman–Crippen MR) is 143 cm³/mol. The summed E-state index contributed by atoms with van der Waals surface area (Å²) < 4.78 is 20.0. The molecule has 1 N–H and O–H groups in total. The molecule has 4 aromatic carbocycles. The van der Waals surface area contributed by atoms with Gasteiger partial charge in [0.2, 0.25) is 0 Å². The van der Waals surface area contributed by atoms with Crippen LogP contribution in [0.4, 0.5) is 4.39 Å². The number of halogens is 1. The third-order valence-electron chi connectivity index (χ3n) is 6.34. The fourth-order valence-corrected chi connectivity index (χ4v) is 4.52. The summed E-state index contributed by atoms with van der Waals surface area (Å²) in [4.78, 5) is 4.66. The summed E-state index contributed by atoms with van der Waals surface area (Å²) in [6, 6.07) is 31.3. The molecule has 180 valence electrons. The molecule has 36 heavy (non-hydrogen) atoms. The number of fused-ring (bicyclic) bond motifs is 1.